The van der Waals surface area contributed by atoms with Gasteiger partial charge in [0.2, 0.25) is 0 Å². The number of carbonyl (C=O) groups is 2. The number of nitrogens with zero attached hydrogens (tertiary/aromatic N) is 1. The summed E-state index contributed by atoms with van der Waals surface area (Å²) in [6, 6.07) is 16.0. The number of carbonyl (C=O) groups excluding carboxylic acids is 2. The van der Waals surface area contributed by atoms with E-state index in [0.717, 1.165) is 17.0 Å². The van der Waals surface area contributed by atoms with Gasteiger partial charge in [-0.3, -0.25) is 9.59 Å². The van der Waals surface area contributed by atoms with Crippen molar-refractivity contribution in [3.63, 3.8) is 0 Å². The minimum Gasteiger partial charge on any atom is -0.494 e. The van der Waals surface area contributed by atoms with Gasteiger partial charge in [-0.25, -0.2) is 13.7 Å². The Labute approximate surface area is 187 Å². The van der Waals surface area contributed by atoms with E-state index in [2.05, 4.69) is 5.32 Å². The van der Waals surface area contributed by atoms with Crippen LogP contribution >= 0.6 is 11.6 Å². The van der Waals surface area contributed by atoms with Crippen LogP contribution in [-0.2, 0) is 9.59 Å². The van der Waals surface area contributed by atoms with E-state index in [-0.39, 0.29) is 17.0 Å². The first kappa shape index (κ1) is 21.5. The molecule has 5 nitrogen and oxygen atoms in total. The van der Waals surface area contributed by atoms with Crippen LogP contribution in [0.2, 0.25) is 5.02 Å². The topological polar surface area (TPSA) is 58.6 Å². The summed E-state index contributed by atoms with van der Waals surface area (Å²) >= 11 is 5.96. The van der Waals surface area contributed by atoms with Crippen LogP contribution in [0.15, 0.2) is 72.4 Å². The average Bonchev–Trinajstić information content (AvgIpc) is 3.02. The number of nitrogens with one attached hydrogen (secondary N) is 1. The van der Waals surface area contributed by atoms with E-state index < -0.39 is 23.4 Å². The number of hydrogen-bond acceptors (Lipinski definition) is 4. The molecule has 32 heavy (non-hydrogen) atoms. The van der Waals surface area contributed by atoms with Gasteiger partial charge in [0.25, 0.3) is 11.8 Å². The van der Waals surface area contributed by atoms with E-state index in [1.165, 1.54) is 6.07 Å². The number of benzene rings is 3. The number of rotatable bonds is 6. The smallest absolute Gasteiger partial charge is 0.282 e. The second kappa shape index (κ2) is 8.80. The zero-order chi connectivity index (χ0) is 22.8. The standard InChI is InChI=1S/C24H17ClF2N2O3/c1-2-32-18-10-8-17(9-11-18)29-23(30)21(14-3-5-15(25)6-4-14)22(24(29)31)28-16-7-12-19(26)20(27)13-16/h3-13,28H,2H2,1H3. The highest BCUT2D eigenvalue weighted by Crippen LogP contribution is 2.35. The van der Waals surface area contributed by atoms with Crippen molar-refractivity contribution < 1.29 is 23.1 Å². The first-order valence-corrected chi connectivity index (χ1v) is 10.1. The molecule has 1 heterocycles. The van der Waals surface area contributed by atoms with E-state index >= 15 is 0 Å². The molecule has 3 aromatic carbocycles. The Kier molecular flexibility index (Phi) is 5.92. The Morgan fingerprint density at radius 2 is 1.59 bits per heavy atom. The van der Waals surface area contributed by atoms with E-state index in [4.69, 9.17) is 16.3 Å². The first-order chi connectivity index (χ1) is 15.4. The van der Waals surface area contributed by atoms with Gasteiger partial charge in [0.1, 0.15) is 11.4 Å². The maximum Gasteiger partial charge on any atom is 0.282 e. The molecule has 0 aliphatic carbocycles. The highest BCUT2D eigenvalue weighted by atomic mass is 35.5. The zero-order valence-corrected chi connectivity index (χ0v) is 17.6. The highest BCUT2D eigenvalue weighted by molar-refractivity contribution is 6.46. The van der Waals surface area contributed by atoms with Crippen LogP contribution in [0.1, 0.15) is 12.5 Å². The number of ether oxygens (including phenoxy) is 1. The van der Waals surface area contributed by atoms with Crippen molar-refractivity contribution in [3.8, 4) is 5.75 Å². The Bertz CT molecular complexity index is 1220. The molecular weight excluding hydrogens is 438 g/mol. The van der Waals surface area contributed by atoms with Gasteiger partial charge < -0.3 is 10.1 Å². The third-order valence-electron chi connectivity index (χ3n) is 4.81. The van der Waals surface area contributed by atoms with Crippen LogP contribution in [0, 0.1) is 11.6 Å². The van der Waals surface area contributed by atoms with Crippen LogP contribution < -0.4 is 15.0 Å². The molecule has 0 spiro atoms. The van der Waals surface area contributed by atoms with Gasteiger partial charge in [0.15, 0.2) is 11.6 Å². The molecule has 8 heteroatoms. The molecule has 0 saturated heterocycles. The van der Waals surface area contributed by atoms with E-state index in [1.807, 2.05) is 6.92 Å². The Balaban J connectivity index is 1.77. The molecule has 1 aliphatic heterocycles. The van der Waals surface area contributed by atoms with Crippen molar-refractivity contribution in [2.75, 3.05) is 16.8 Å². The highest BCUT2D eigenvalue weighted by Gasteiger charge is 2.40. The largest absolute Gasteiger partial charge is 0.494 e. The van der Waals surface area contributed by atoms with Crippen LogP contribution in [0.4, 0.5) is 20.2 Å². The summed E-state index contributed by atoms with van der Waals surface area (Å²) in [5.74, 6) is -2.70. The molecule has 1 N–H and O–H groups in total. The lowest BCUT2D eigenvalue weighted by Crippen LogP contribution is -2.32. The molecule has 4 rings (SSSR count). The Morgan fingerprint density at radius 3 is 2.22 bits per heavy atom. The fourth-order valence-corrected chi connectivity index (χ4v) is 3.47. The molecule has 3 aromatic rings. The van der Waals surface area contributed by atoms with Gasteiger partial charge in [-0.2, -0.15) is 0 Å². The van der Waals surface area contributed by atoms with Gasteiger partial charge in [0, 0.05) is 16.8 Å². The molecule has 0 unspecified atom stereocenters. The van der Waals surface area contributed by atoms with Crippen LogP contribution in [0.5, 0.6) is 5.75 Å². The molecule has 1 aliphatic rings. The lowest BCUT2D eigenvalue weighted by molar-refractivity contribution is -0.120. The molecule has 0 radical (unpaired) electrons. The van der Waals surface area contributed by atoms with Gasteiger partial charge in [-0.15, -0.1) is 0 Å². The SMILES string of the molecule is CCOc1ccc(N2C(=O)C(Nc3ccc(F)c(F)c3)=C(c3ccc(Cl)cc3)C2=O)cc1. The summed E-state index contributed by atoms with van der Waals surface area (Å²) < 4.78 is 32.5. The summed E-state index contributed by atoms with van der Waals surface area (Å²) in [4.78, 5) is 27.7. The number of anilines is 2. The lowest BCUT2D eigenvalue weighted by atomic mass is 10.0. The Morgan fingerprint density at radius 1 is 0.906 bits per heavy atom. The number of halogens is 3. The third kappa shape index (κ3) is 4.07. The summed E-state index contributed by atoms with van der Waals surface area (Å²) in [7, 11) is 0. The predicted octanol–water partition coefficient (Wildman–Crippen LogP) is 5.41. The molecule has 0 saturated carbocycles. The fraction of sp³-hybridized carbons (Fsp3) is 0.0833. The van der Waals surface area contributed by atoms with E-state index in [9.17, 15) is 18.4 Å². The summed E-state index contributed by atoms with van der Waals surface area (Å²) in [5.41, 5.74) is 0.950. The first-order valence-electron chi connectivity index (χ1n) is 9.73. The Hall–Kier alpha value is -3.71. The molecular formula is C24H17ClF2N2O3. The number of hydrogen-bond donors (Lipinski definition) is 1. The number of imide groups is 1. The molecule has 0 aromatic heterocycles. The maximum atomic E-state index is 13.7. The van der Waals surface area contributed by atoms with Crippen molar-refractivity contribution >= 4 is 40.4 Å². The molecule has 162 valence electrons. The second-order valence-corrected chi connectivity index (χ2v) is 7.32. The summed E-state index contributed by atoms with van der Waals surface area (Å²) in [5, 5.41) is 3.25. The van der Waals surface area contributed by atoms with Gasteiger partial charge >= 0.3 is 0 Å². The molecule has 0 fully saturated rings. The van der Waals surface area contributed by atoms with Crippen molar-refractivity contribution in [3.05, 3.63) is 94.6 Å². The minimum absolute atomic E-state index is 0.0581. The molecule has 2 amide bonds. The van der Waals surface area contributed by atoms with Crippen molar-refractivity contribution in [1.82, 2.24) is 0 Å². The lowest BCUT2D eigenvalue weighted by Gasteiger charge is -2.16. The fourth-order valence-electron chi connectivity index (χ4n) is 3.34. The predicted molar refractivity (Wildman–Crippen MR) is 118 cm³/mol. The van der Waals surface area contributed by atoms with Crippen LogP contribution in [0.3, 0.4) is 0 Å². The summed E-state index contributed by atoms with van der Waals surface area (Å²) in [6.07, 6.45) is 0. The average molecular weight is 455 g/mol. The zero-order valence-electron chi connectivity index (χ0n) is 16.9. The van der Waals surface area contributed by atoms with E-state index in [0.29, 0.717) is 28.6 Å². The van der Waals surface area contributed by atoms with Gasteiger partial charge in [0.05, 0.1) is 17.9 Å². The van der Waals surface area contributed by atoms with E-state index in [1.54, 1.807) is 48.5 Å². The molecule has 0 bridgehead atoms. The second-order valence-electron chi connectivity index (χ2n) is 6.88. The van der Waals surface area contributed by atoms with Crippen LogP contribution in [0.25, 0.3) is 5.57 Å². The van der Waals surface area contributed by atoms with Gasteiger partial charge in [-0.05, 0) is 61.0 Å². The van der Waals surface area contributed by atoms with Gasteiger partial charge in [-0.1, -0.05) is 23.7 Å². The quantitative estimate of drug-likeness (QED) is 0.506. The molecule has 0 atom stereocenters. The minimum atomic E-state index is -1.08. The van der Waals surface area contributed by atoms with Crippen LogP contribution in [-0.4, -0.2) is 18.4 Å². The number of amides is 2. The third-order valence-corrected chi connectivity index (χ3v) is 5.06. The summed E-state index contributed by atoms with van der Waals surface area (Å²) in [6.45, 7) is 2.32. The normalized spacial score (nSPS) is 13.7. The monoisotopic (exact) mass is 454 g/mol. The van der Waals surface area contributed by atoms with Crippen molar-refractivity contribution in [2.45, 2.75) is 6.92 Å². The maximum absolute atomic E-state index is 13.7. The van der Waals surface area contributed by atoms with Crippen molar-refractivity contribution in [1.29, 1.82) is 0 Å². The van der Waals surface area contributed by atoms with Crippen molar-refractivity contribution in [2.24, 2.45) is 0 Å².